The van der Waals surface area contributed by atoms with E-state index in [0.29, 0.717) is 5.92 Å². The number of hydrogen-bond donors (Lipinski definition) is 2. The number of aliphatic hydroxyl groups excluding tert-OH is 2. The van der Waals surface area contributed by atoms with E-state index in [1.807, 2.05) is 0 Å². The Morgan fingerprint density at radius 2 is 1.83 bits per heavy atom. The van der Waals surface area contributed by atoms with Gasteiger partial charge in [0.05, 0.1) is 6.10 Å². The largest absolute Gasteiger partial charge is 0.396 e. The molecule has 2 atom stereocenters. The summed E-state index contributed by atoms with van der Waals surface area (Å²) >= 11 is 0. The Hall–Kier alpha value is -0.0800. The zero-order chi connectivity index (χ0) is 8.81. The minimum absolute atomic E-state index is 0.0981. The highest BCUT2D eigenvalue weighted by atomic mass is 16.3. The molecule has 0 aromatic heterocycles. The molecule has 1 aliphatic carbocycles. The molecular weight excluding hydrogens is 152 g/mol. The molecule has 0 radical (unpaired) electrons. The molecule has 0 aliphatic heterocycles. The maximum Gasteiger partial charge on any atom is 0.0568 e. The van der Waals surface area contributed by atoms with Gasteiger partial charge in [0, 0.05) is 6.61 Å². The van der Waals surface area contributed by atoms with Crippen molar-refractivity contribution >= 4 is 0 Å². The van der Waals surface area contributed by atoms with E-state index in [1.54, 1.807) is 0 Å². The van der Waals surface area contributed by atoms with E-state index in [-0.39, 0.29) is 12.7 Å². The zero-order valence-electron chi connectivity index (χ0n) is 7.71. The Kier molecular flexibility index (Phi) is 4.62. The second-order valence-corrected chi connectivity index (χ2v) is 3.83. The van der Waals surface area contributed by atoms with Crippen LogP contribution in [0.2, 0.25) is 0 Å². The van der Waals surface area contributed by atoms with Gasteiger partial charge in [-0.25, -0.2) is 0 Å². The highest BCUT2D eigenvalue weighted by Crippen LogP contribution is 2.26. The molecule has 0 amide bonds. The fourth-order valence-corrected chi connectivity index (χ4v) is 2.06. The third-order valence-corrected chi connectivity index (χ3v) is 2.85. The molecule has 2 heteroatoms. The minimum Gasteiger partial charge on any atom is -0.396 e. The monoisotopic (exact) mass is 172 g/mol. The number of rotatable bonds is 3. The molecule has 1 fully saturated rings. The fraction of sp³-hybridized carbons (Fsp3) is 1.00. The minimum atomic E-state index is -0.0981. The second-order valence-electron chi connectivity index (χ2n) is 3.83. The van der Waals surface area contributed by atoms with Crippen molar-refractivity contribution in [1.82, 2.24) is 0 Å². The van der Waals surface area contributed by atoms with Gasteiger partial charge in [-0.05, 0) is 31.6 Å². The van der Waals surface area contributed by atoms with Crippen molar-refractivity contribution in [2.24, 2.45) is 5.92 Å². The molecule has 0 bridgehead atoms. The molecule has 0 aromatic carbocycles. The summed E-state index contributed by atoms with van der Waals surface area (Å²) in [6, 6.07) is 0. The van der Waals surface area contributed by atoms with E-state index in [2.05, 4.69) is 0 Å². The molecule has 72 valence electrons. The fourth-order valence-electron chi connectivity index (χ4n) is 2.06. The van der Waals surface area contributed by atoms with E-state index in [9.17, 15) is 5.11 Å². The number of hydrogen-bond acceptors (Lipinski definition) is 2. The Bertz CT molecular complexity index is 114. The van der Waals surface area contributed by atoms with Gasteiger partial charge in [-0.15, -0.1) is 0 Å². The van der Waals surface area contributed by atoms with E-state index in [1.165, 1.54) is 19.3 Å². The van der Waals surface area contributed by atoms with Crippen LogP contribution in [0.4, 0.5) is 0 Å². The van der Waals surface area contributed by atoms with E-state index in [0.717, 1.165) is 25.7 Å². The third-order valence-electron chi connectivity index (χ3n) is 2.85. The van der Waals surface area contributed by atoms with Crippen molar-refractivity contribution < 1.29 is 10.2 Å². The molecule has 2 unspecified atom stereocenters. The van der Waals surface area contributed by atoms with Crippen molar-refractivity contribution in [3.8, 4) is 0 Å². The molecule has 0 spiro atoms. The van der Waals surface area contributed by atoms with Crippen molar-refractivity contribution in [3.05, 3.63) is 0 Å². The summed E-state index contributed by atoms with van der Waals surface area (Å²) in [5.41, 5.74) is 0. The van der Waals surface area contributed by atoms with Crippen molar-refractivity contribution in [1.29, 1.82) is 0 Å². The maximum absolute atomic E-state index is 9.69. The summed E-state index contributed by atoms with van der Waals surface area (Å²) in [5, 5.41) is 18.4. The van der Waals surface area contributed by atoms with Crippen LogP contribution in [0.25, 0.3) is 0 Å². The van der Waals surface area contributed by atoms with E-state index in [4.69, 9.17) is 5.11 Å². The van der Waals surface area contributed by atoms with Crippen LogP contribution in [0.15, 0.2) is 0 Å². The van der Waals surface area contributed by atoms with Gasteiger partial charge < -0.3 is 10.2 Å². The summed E-state index contributed by atoms with van der Waals surface area (Å²) in [6.45, 7) is 0.267. The SMILES string of the molecule is OCCCC1CCCCCC1O. The van der Waals surface area contributed by atoms with Crippen LogP contribution in [-0.2, 0) is 0 Å². The lowest BCUT2D eigenvalue weighted by molar-refractivity contribution is 0.0910. The Balaban J connectivity index is 2.26. The summed E-state index contributed by atoms with van der Waals surface area (Å²) in [6.07, 6.45) is 7.58. The molecule has 0 saturated heterocycles. The van der Waals surface area contributed by atoms with Crippen LogP contribution in [0.1, 0.15) is 44.9 Å². The van der Waals surface area contributed by atoms with Gasteiger partial charge in [0.1, 0.15) is 0 Å². The van der Waals surface area contributed by atoms with Gasteiger partial charge in [-0.2, -0.15) is 0 Å². The normalized spacial score (nSPS) is 31.5. The lowest BCUT2D eigenvalue weighted by atomic mass is 9.93. The molecule has 1 aliphatic rings. The van der Waals surface area contributed by atoms with E-state index < -0.39 is 0 Å². The molecule has 0 heterocycles. The third kappa shape index (κ3) is 3.11. The summed E-state index contributed by atoms with van der Waals surface area (Å²) < 4.78 is 0. The molecular formula is C10H20O2. The quantitative estimate of drug-likeness (QED) is 0.636. The van der Waals surface area contributed by atoms with Crippen LogP contribution in [0, 0.1) is 5.92 Å². The van der Waals surface area contributed by atoms with Gasteiger partial charge in [-0.3, -0.25) is 0 Å². The first-order valence-corrected chi connectivity index (χ1v) is 5.13. The topological polar surface area (TPSA) is 40.5 Å². The first-order valence-electron chi connectivity index (χ1n) is 5.13. The second kappa shape index (κ2) is 5.55. The Morgan fingerprint density at radius 1 is 1.08 bits per heavy atom. The Morgan fingerprint density at radius 3 is 2.58 bits per heavy atom. The summed E-state index contributed by atoms with van der Waals surface area (Å²) in [7, 11) is 0. The van der Waals surface area contributed by atoms with Gasteiger partial charge in [0.25, 0.3) is 0 Å². The van der Waals surface area contributed by atoms with Crippen LogP contribution < -0.4 is 0 Å². The lowest BCUT2D eigenvalue weighted by Gasteiger charge is -2.19. The predicted molar refractivity (Wildman–Crippen MR) is 48.9 cm³/mol. The summed E-state index contributed by atoms with van der Waals surface area (Å²) in [4.78, 5) is 0. The first kappa shape index (κ1) is 10.0. The Labute approximate surface area is 74.6 Å². The molecule has 1 saturated carbocycles. The van der Waals surface area contributed by atoms with Gasteiger partial charge in [-0.1, -0.05) is 19.3 Å². The van der Waals surface area contributed by atoms with Crippen molar-refractivity contribution in [2.75, 3.05) is 6.61 Å². The van der Waals surface area contributed by atoms with Gasteiger partial charge >= 0.3 is 0 Å². The van der Waals surface area contributed by atoms with Gasteiger partial charge in [0.15, 0.2) is 0 Å². The zero-order valence-corrected chi connectivity index (χ0v) is 7.71. The molecule has 1 rings (SSSR count). The molecule has 2 N–H and O–H groups in total. The van der Waals surface area contributed by atoms with Crippen LogP contribution >= 0.6 is 0 Å². The first-order chi connectivity index (χ1) is 5.84. The van der Waals surface area contributed by atoms with Crippen molar-refractivity contribution in [3.63, 3.8) is 0 Å². The van der Waals surface area contributed by atoms with Crippen molar-refractivity contribution in [2.45, 2.75) is 51.0 Å². The van der Waals surface area contributed by atoms with Gasteiger partial charge in [0.2, 0.25) is 0 Å². The average molecular weight is 172 g/mol. The molecule has 2 nitrogen and oxygen atoms in total. The lowest BCUT2D eigenvalue weighted by Crippen LogP contribution is -2.18. The smallest absolute Gasteiger partial charge is 0.0568 e. The van der Waals surface area contributed by atoms with Crippen LogP contribution in [-0.4, -0.2) is 22.9 Å². The average Bonchev–Trinajstić information content (AvgIpc) is 2.27. The summed E-state index contributed by atoms with van der Waals surface area (Å²) in [5.74, 6) is 0.458. The highest BCUT2D eigenvalue weighted by Gasteiger charge is 2.20. The predicted octanol–water partition coefficient (Wildman–Crippen LogP) is 1.70. The molecule has 0 aromatic rings. The maximum atomic E-state index is 9.69. The van der Waals surface area contributed by atoms with Crippen LogP contribution in [0.3, 0.4) is 0 Å². The highest BCUT2D eigenvalue weighted by molar-refractivity contribution is 4.72. The number of aliphatic hydroxyl groups is 2. The molecule has 12 heavy (non-hydrogen) atoms. The van der Waals surface area contributed by atoms with E-state index >= 15 is 0 Å². The standard InChI is InChI=1S/C10H20O2/c11-8-4-6-9-5-2-1-3-7-10(9)12/h9-12H,1-8H2. The van der Waals surface area contributed by atoms with Crippen LogP contribution in [0.5, 0.6) is 0 Å².